The van der Waals surface area contributed by atoms with Crippen molar-refractivity contribution in [1.29, 1.82) is 0 Å². The first kappa shape index (κ1) is 103. The van der Waals surface area contributed by atoms with E-state index in [0.717, 1.165) is 147 Å². The molecule has 0 unspecified atom stereocenters. The van der Waals surface area contributed by atoms with Gasteiger partial charge in [-0.05, 0) is 216 Å². The molecule has 1 aliphatic carbocycles. The topological polar surface area (TPSA) is 73.8 Å². The SMILES string of the molecule is CCCCCCCCCCCC1c2cc(c(OC(C)(C)C)c(S)c2OC(C)(C)C)C(CCCCCCCCCCC)c2cc(c(OC(C)(C)C)c(S)c2OC(C)(C)C)C(CCCCCCCCCCC)c2cc(c(OC(C)(C)C)c(S)c2OC(C)(C)C)C(CCCCCCCCCCC)c2cc1c(OC(C)(C)C)c(S)c2OC(C)(C)C. The Morgan fingerprint density at radius 1 is 0.181 bits per heavy atom. The van der Waals surface area contributed by atoms with Crippen molar-refractivity contribution in [1.82, 2.24) is 0 Å². The number of rotatable bonds is 48. The maximum atomic E-state index is 7.72. The van der Waals surface area contributed by atoms with Crippen LogP contribution in [0.5, 0.6) is 46.0 Å². The second kappa shape index (κ2) is 48.1. The van der Waals surface area contributed by atoms with Crippen LogP contribution in [0.15, 0.2) is 43.8 Å². The Balaban J connectivity index is 2.35. The lowest BCUT2D eigenvalue weighted by Gasteiger charge is -2.38. The van der Waals surface area contributed by atoms with Crippen LogP contribution in [0.2, 0.25) is 0 Å². The van der Waals surface area contributed by atoms with E-state index in [-0.39, 0.29) is 23.7 Å². The minimum Gasteiger partial charge on any atom is -0.487 e. The van der Waals surface area contributed by atoms with Crippen LogP contribution in [0.25, 0.3) is 0 Å². The van der Waals surface area contributed by atoms with Crippen LogP contribution < -0.4 is 37.9 Å². The monoisotopic (exact) mass is 1680 g/mol. The normalized spacial score (nSPS) is 15.9. The van der Waals surface area contributed by atoms with Gasteiger partial charge in [-0.1, -0.05) is 259 Å². The Bertz CT molecular complexity index is 2900. The van der Waals surface area contributed by atoms with Crippen molar-refractivity contribution in [2.45, 2.75) is 539 Å². The predicted molar refractivity (Wildman–Crippen MR) is 513 cm³/mol. The van der Waals surface area contributed by atoms with Gasteiger partial charge in [-0.2, -0.15) is 0 Å². The molecule has 0 aromatic heterocycles. The summed E-state index contributed by atoms with van der Waals surface area (Å²) in [5, 5.41) is 0. The Morgan fingerprint density at radius 3 is 0.388 bits per heavy atom. The lowest BCUT2D eigenvalue weighted by molar-refractivity contribution is 0.109. The molecule has 0 aliphatic heterocycles. The molecular weight excluding hydrogens is 1510 g/mol. The maximum absolute atomic E-state index is 7.72. The van der Waals surface area contributed by atoms with Gasteiger partial charge in [0.15, 0.2) is 0 Å². The van der Waals surface area contributed by atoms with Gasteiger partial charge in [0.05, 0.1) is 19.6 Å². The van der Waals surface area contributed by atoms with E-state index in [1.807, 2.05) is 0 Å². The van der Waals surface area contributed by atoms with E-state index in [1.165, 1.54) is 154 Å². The van der Waals surface area contributed by atoms with E-state index in [9.17, 15) is 0 Å². The molecule has 4 aromatic carbocycles. The van der Waals surface area contributed by atoms with Gasteiger partial charge in [0, 0.05) is 68.2 Å². The molecule has 664 valence electrons. The van der Waals surface area contributed by atoms with E-state index in [2.05, 4.69) is 218 Å². The van der Waals surface area contributed by atoms with E-state index in [4.69, 9.17) is 88.4 Å². The fraction of sp³-hybridized carbons (Fsp3) is 0.769. The van der Waals surface area contributed by atoms with E-state index >= 15 is 0 Å². The third-order valence-electron chi connectivity index (χ3n) is 21.7. The van der Waals surface area contributed by atoms with Gasteiger partial charge in [0.25, 0.3) is 0 Å². The molecule has 4 aromatic rings. The number of hydrogen-bond donors (Lipinski definition) is 4. The molecule has 5 rings (SSSR count). The van der Waals surface area contributed by atoms with Crippen molar-refractivity contribution in [3.05, 3.63) is 68.8 Å². The zero-order chi connectivity index (χ0) is 86.6. The van der Waals surface area contributed by atoms with Crippen LogP contribution in [0.3, 0.4) is 0 Å². The molecular formula is C104H176O8S4. The van der Waals surface area contributed by atoms with Crippen molar-refractivity contribution < 1.29 is 37.9 Å². The second-order valence-electron chi connectivity index (χ2n) is 42.6. The number of fused-ring (bicyclic) bond motifs is 8. The van der Waals surface area contributed by atoms with Gasteiger partial charge in [-0.25, -0.2) is 0 Å². The van der Waals surface area contributed by atoms with Crippen molar-refractivity contribution in [3.8, 4) is 46.0 Å². The molecule has 0 saturated heterocycles. The molecule has 8 nitrogen and oxygen atoms in total. The molecule has 0 spiro atoms. The van der Waals surface area contributed by atoms with Crippen LogP contribution in [-0.2, 0) is 0 Å². The van der Waals surface area contributed by atoms with Gasteiger partial charge in [0.2, 0.25) is 0 Å². The maximum Gasteiger partial charge on any atom is 0.140 e. The zero-order valence-electron chi connectivity index (χ0n) is 80.0. The van der Waals surface area contributed by atoms with Gasteiger partial charge in [-0.3, -0.25) is 0 Å². The molecule has 0 saturated carbocycles. The first-order chi connectivity index (χ1) is 54.1. The first-order valence-electron chi connectivity index (χ1n) is 47.2. The van der Waals surface area contributed by atoms with Crippen LogP contribution in [-0.4, -0.2) is 44.8 Å². The Hall–Kier alpha value is -3.32. The predicted octanol–water partition coefficient (Wildman–Crippen LogP) is 34.8. The third kappa shape index (κ3) is 35.9. The highest BCUT2D eigenvalue weighted by Crippen LogP contribution is 2.61. The number of unbranched alkanes of at least 4 members (excludes halogenated alkanes) is 32. The Labute approximate surface area is 736 Å². The third-order valence-corrected chi connectivity index (χ3v) is 23.3. The number of ether oxygens (including phenoxy) is 8. The molecule has 116 heavy (non-hydrogen) atoms. The summed E-state index contributed by atoms with van der Waals surface area (Å²) in [5.41, 5.74) is 3.04. The average molecular weight is 1680 g/mol. The van der Waals surface area contributed by atoms with Gasteiger partial charge in [-0.15, -0.1) is 50.5 Å². The van der Waals surface area contributed by atoms with Crippen molar-refractivity contribution >= 4 is 50.5 Å². The quantitative estimate of drug-likeness (QED) is 0.0258. The summed E-state index contributed by atoms with van der Waals surface area (Å²) in [7, 11) is 0. The van der Waals surface area contributed by atoms with Crippen molar-refractivity contribution in [2.75, 3.05) is 0 Å². The molecule has 0 heterocycles. The van der Waals surface area contributed by atoms with Crippen LogP contribution >= 0.6 is 50.5 Å². The molecule has 8 bridgehead atoms. The summed E-state index contributed by atoms with van der Waals surface area (Å²) >= 11 is 24.0. The number of thiol groups is 4. The molecule has 1 aliphatic rings. The molecule has 0 fully saturated rings. The van der Waals surface area contributed by atoms with E-state index < -0.39 is 44.8 Å². The summed E-state index contributed by atoms with van der Waals surface area (Å²) in [4.78, 5) is 2.73. The Morgan fingerprint density at radius 2 is 0.284 bits per heavy atom. The lowest BCUT2D eigenvalue weighted by Crippen LogP contribution is -2.29. The highest BCUT2D eigenvalue weighted by atomic mass is 32.1. The molecule has 0 N–H and O–H groups in total. The van der Waals surface area contributed by atoms with Gasteiger partial charge >= 0.3 is 0 Å². The molecule has 12 heteroatoms. The molecule has 0 atom stereocenters. The summed E-state index contributed by atoms with van der Waals surface area (Å²) in [6.45, 7) is 61.4. The minimum atomic E-state index is -0.664. The summed E-state index contributed by atoms with van der Waals surface area (Å²) < 4.78 is 61.8. The van der Waals surface area contributed by atoms with Crippen LogP contribution in [0.4, 0.5) is 0 Å². The fourth-order valence-corrected chi connectivity index (χ4v) is 18.0. The number of benzene rings is 4. The largest absolute Gasteiger partial charge is 0.487 e. The summed E-state index contributed by atoms with van der Waals surface area (Å²) in [6, 6.07) is 10.1. The minimum absolute atomic E-state index is 0.334. The van der Waals surface area contributed by atoms with Gasteiger partial charge in [0.1, 0.15) is 90.8 Å². The van der Waals surface area contributed by atoms with Crippen LogP contribution in [0, 0.1) is 0 Å². The van der Waals surface area contributed by atoms with E-state index in [1.54, 1.807) is 0 Å². The average Bonchev–Trinajstić information content (AvgIpc) is 0.727. The fourth-order valence-electron chi connectivity index (χ4n) is 16.6. The van der Waals surface area contributed by atoms with Crippen molar-refractivity contribution in [2.24, 2.45) is 0 Å². The van der Waals surface area contributed by atoms with Crippen molar-refractivity contribution in [3.63, 3.8) is 0 Å². The number of hydrogen-bond acceptors (Lipinski definition) is 12. The summed E-state index contributed by atoms with van der Waals surface area (Å²) in [6.07, 6.45) is 46.1. The van der Waals surface area contributed by atoms with E-state index in [0.29, 0.717) is 65.6 Å². The first-order valence-corrected chi connectivity index (χ1v) is 49.0. The van der Waals surface area contributed by atoms with Crippen LogP contribution in [0.1, 0.15) is 519 Å². The second-order valence-corrected chi connectivity index (χ2v) is 44.4. The zero-order valence-corrected chi connectivity index (χ0v) is 83.5. The smallest absolute Gasteiger partial charge is 0.140 e. The Kier molecular flexibility index (Phi) is 42.8. The van der Waals surface area contributed by atoms with Gasteiger partial charge < -0.3 is 37.9 Å². The molecule has 0 amide bonds. The lowest BCUT2D eigenvalue weighted by atomic mass is 9.76. The standard InChI is InChI=1S/C104H176O8S4/c1-29-33-37-41-45-49-53-57-61-65-73-77-69-79(87(107-99(11,12)13)93(113)85(77)105-97(5,6)7)74(66-62-58-54-50-46-42-38-34-30-2)81-71-83(91(111-103(23,24)25)95(115)89(81)109-101(17,18)19)76(68-64-60-56-52-48-44-40-36-32-4)84-72-82(90(110-102(20,21)22)96(116)92(84)112-104(26,27)28)75(67-63-59-55-51-47-43-39-35-31-3)80-70-78(73)86(106-98(8,9)10)94(114)88(80)108-100(14,15)16/h69-76,113-116H,29-68H2,1-28H3. The highest BCUT2D eigenvalue weighted by Gasteiger charge is 2.42. The highest BCUT2D eigenvalue weighted by molar-refractivity contribution is 7.81. The molecule has 0 radical (unpaired) electrons. The summed E-state index contributed by atoms with van der Waals surface area (Å²) in [5.74, 6) is 4.40.